The van der Waals surface area contributed by atoms with Crippen LogP contribution in [-0.4, -0.2) is 55.4 Å². The zero-order valence-corrected chi connectivity index (χ0v) is 17.6. The topological polar surface area (TPSA) is 46.6 Å². The second-order valence-corrected chi connectivity index (χ2v) is 8.86. The molecule has 0 amide bonds. The van der Waals surface area contributed by atoms with E-state index in [9.17, 15) is 0 Å². The van der Waals surface area contributed by atoms with Crippen LogP contribution in [0.3, 0.4) is 0 Å². The van der Waals surface area contributed by atoms with Crippen molar-refractivity contribution >= 4 is 16.7 Å². The summed E-state index contributed by atoms with van der Waals surface area (Å²) in [6.07, 6.45) is 8.35. The quantitative estimate of drug-likeness (QED) is 0.715. The Kier molecular flexibility index (Phi) is 5.60. The van der Waals surface area contributed by atoms with Crippen LogP contribution in [0.2, 0.25) is 0 Å². The number of likely N-dealkylation sites (tertiary alicyclic amines) is 1. The Bertz CT molecular complexity index is 870. The van der Waals surface area contributed by atoms with E-state index in [1.54, 1.807) is 0 Å². The molecular formula is C24H33N3O2. The predicted molar refractivity (Wildman–Crippen MR) is 117 cm³/mol. The van der Waals surface area contributed by atoms with Crippen LogP contribution in [0.15, 0.2) is 12.1 Å². The number of benzene rings is 1. The number of ether oxygens (including phenoxy) is 2. The molecule has 2 fully saturated rings. The molecule has 2 aromatic rings. The van der Waals surface area contributed by atoms with Gasteiger partial charge in [-0.05, 0) is 87.7 Å². The maximum atomic E-state index is 6.19. The summed E-state index contributed by atoms with van der Waals surface area (Å²) in [5.41, 5.74) is 5.19. The summed E-state index contributed by atoms with van der Waals surface area (Å²) in [7, 11) is 0. The molecule has 1 atom stereocenters. The highest BCUT2D eigenvalue weighted by Gasteiger charge is 2.24. The maximum absolute atomic E-state index is 6.19. The minimum absolute atomic E-state index is 0.386. The Labute approximate surface area is 173 Å². The lowest BCUT2D eigenvalue weighted by Gasteiger charge is -2.18. The highest BCUT2D eigenvalue weighted by molar-refractivity contribution is 5.88. The normalized spacial score (nSPS) is 21.8. The van der Waals surface area contributed by atoms with Gasteiger partial charge in [0.15, 0.2) is 0 Å². The van der Waals surface area contributed by atoms with Gasteiger partial charge in [-0.15, -0.1) is 0 Å². The molecule has 0 spiro atoms. The molecule has 0 radical (unpaired) electrons. The molecular weight excluding hydrogens is 362 g/mol. The standard InChI is InChI=1S/C24H33N3O2/c1-17-14-21-19-6-4-7-20(19)24(25-18-8-13-28-16-18)26-22(21)15-23(17)29-12-5-11-27-9-2-3-10-27/h14-15,18H,2-13,16H2,1H3,(H,25,26)/t18-/m0/s1. The predicted octanol–water partition coefficient (Wildman–Crippen LogP) is 4.10. The van der Waals surface area contributed by atoms with Crippen molar-refractivity contribution in [2.45, 2.75) is 57.9 Å². The van der Waals surface area contributed by atoms with Gasteiger partial charge in [-0.3, -0.25) is 0 Å². The van der Waals surface area contributed by atoms with Gasteiger partial charge < -0.3 is 19.7 Å². The average Bonchev–Trinajstić information content (AvgIpc) is 3.48. The minimum Gasteiger partial charge on any atom is -0.493 e. The number of aromatic nitrogens is 1. The van der Waals surface area contributed by atoms with Gasteiger partial charge in [0.1, 0.15) is 11.6 Å². The highest BCUT2D eigenvalue weighted by atomic mass is 16.5. The third-order valence-electron chi connectivity index (χ3n) is 6.70. The second-order valence-electron chi connectivity index (χ2n) is 8.86. The van der Waals surface area contributed by atoms with Crippen molar-refractivity contribution in [1.29, 1.82) is 0 Å². The maximum Gasteiger partial charge on any atom is 0.130 e. The summed E-state index contributed by atoms with van der Waals surface area (Å²) in [5.74, 6) is 2.06. The van der Waals surface area contributed by atoms with Crippen LogP contribution in [0.25, 0.3) is 10.9 Å². The van der Waals surface area contributed by atoms with E-state index in [0.29, 0.717) is 6.04 Å². The fourth-order valence-corrected chi connectivity index (χ4v) is 5.09. The molecule has 3 aliphatic rings. The van der Waals surface area contributed by atoms with Crippen molar-refractivity contribution in [3.05, 3.63) is 28.8 Å². The number of rotatable bonds is 7. The molecule has 0 bridgehead atoms. The van der Waals surface area contributed by atoms with Crippen molar-refractivity contribution in [2.75, 3.05) is 44.8 Å². The van der Waals surface area contributed by atoms with E-state index in [0.717, 1.165) is 69.1 Å². The fourth-order valence-electron chi connectivity index (χ4n) is 5.09. The Hall–Kier alpha value is -1.85. The summed E-state index contributed by atoms with van der Waals surface area (Å²) in [6, 6.07) is 4.84. The number of anilines is 1. The number of aryl methyl sites for hydroxylation is 2. The van der Waals surface area contributed by atoms with Crippen LogP contribution in [0, 0.1) is 6.92 Å². The van der Waals surface area contributed by atoms with Crippen molar-refractivity contribution in [1.82, 2.24) is 9.88 Å². The fraction of sp³-hybridized carbons (Fsp3) is 0.625. The molecule has 1 N–H and O–H groups in total. The molecule has 1 aromatic carbocycles. The third kappa shape index (κ3) is 4.08. The lowest BCUT2D eigenvalue weighted by molar-refractivity contribution is 0.195. The Morgan fingerprint density at radius 2 is 2.03 bits per heavy atom. The van der Waals surface area contributed by atoms with Crippen molar-refractivity contribution < 1.29 is 9.47 Å². The lowest BCUT2D eigenvalue weighted by Crippen LogP contribution is -2.22. The Morgan fingerprint density at radius 1 is 1.17 bits per heavy atom. The monoisotopic (exact) mass is 395 g/mol. The molecule has 156 valence electrons. The van der Waals surface area contributed by atoms with E-state index in [2.05, 4.69) is 29.3 Å². The van der Waals surface area contributed by atoms with Gasteiger partial charge in [-0.2, -0.15) is 0 Å². The zero-order valence-electron chi connectivity index (χ0n) is 17.6. The molecule has 1 aliphatic carbocycles. The number of pyridine rings is 1. The molecule has 2 aliphatic heterocycles. The van der Waals surface area contributed by atoms with Crippen LogP contribution in [0.1, 0.15) is 48.8 Å². The van der Waals surface area contributed by atoms with Crippen LogP contribution in [0.5, 0.6) is 5.75 Å². The molecule has 1 aromatic heterocycles. The van der Waals surface area contributed by atoms with E-state index in [4.69, 9.17) is 14.5 Å². The number of nitrogens with one attached hydrogen (secondary N) is 1. The summed E-state index contributed by atoms with van der Waals surface area (Å²) in [6.45, 7) is 8.24. The summed E-state index contributed by atoms with van der Waals surface area (Å²) in [5, 5.41) is 4.98. The van der Waals surface area contributed by atoms with Gasteiger partial charge in [0.25, 0.3) is 0 Å². The first-order valence-electron chi connectivity index (χ1n) is 11.4. The lowest BCUT2D eigenvalue weighted by atomic mass is 10.0. The van der Waals surface area contributed by atoms with Crippen molar-refractivity contribution in [3.63, 3.8) is 0 Å². The van der Waals surface area contributed by atoms with Gasteiger partial charge in [0.2, 0.25) is 0 Å². The number of hydrogen-bond donors (Lipinski definition) is 1. The number of fused-ring (bicyclic) bond motifs is 3. The Balaban J connectivity index is 1.35. The average molecular weight is 396 g/mol. The molecule has 5 heteroatoms. The van der Waals surface area contributed by atoms with Gasteiger partial charge in [-0.1, -0.05) is 0 Å². The van der Waals surface area contributed by atoms with Gasteiger partial charge in [0, 0.05) is 24.6 Å². The van der Waals surface area contributed by atoms with E-state index in [-0.39, 0.29) is 0 Å². The van der Waals surface area contributed by atoms with Crippen LogP contribution in [-0.2, 0) is 17.6 Å². The van der Waals surface area contributed by atoms with Gasteiger partial charge >= 0.3 is 0 Å². The largest absolute Gasteiger partial charge is 0.493 e. The number of hydrogen-bond acceptors (Lipinski definition) is 5. The smallest absolute Gasteiger partial charge is 0.130 e. The van der Waals surface area contributed by atoms with Crippen LogP contribution >= 0.6 is 0 Å². The molecule has 2 saturated heterocycles. The molecule has 29 heavy (non-hydrogen) atoms. The Morgan fingerprint density at radius 3 is 2.86 bits per heavy atom. The van der Waals surface area contributed by atoms with Crippen molar-refractivity contribution in [2.24, 2.45) is 0 Å². The van der Waals surface area contributed by atoms with E-state index in [1.807, 2.05) is 0 Å². The van der Waals surface area contributed by atoms with Gasteiger partial charge in [-0.25, -0.2) is 4.98 Å². The van der Waals surface area contributed by atoms with E-state index >= 15 is 0 Å². The van der Waals surface area contributed by atoms with E-state index in [1.165, 1.54) is 54.4 Å². The molecule has 0 unspecified atom stereocenters. The highest BCUT2D eigenvalue weighted by Crippen LogP contribution is 2.36. The third-order valence-corrected chi connectivity index (χ3v) is 6.70. The van der Waals surface area contributed by atoms with Crippen LogP contribution < -0.4 is 10.1 Å². The van der Waals surface area contributed by atoms with E-state index < -0.39 is 0 Å². The molecule has 5 nitrogen and oxygen atoms in total. The molecule has 0 saturated carbocycles. The van der Waals surface area contributed by atoms with Crippen LogP contribution in [0.4, 0.5) is 5.82 Å². The first-order valence-corrected chi connectivity index (χ1v) is 11.4. The van der Waals surface area contributed by atoms with Crippen molar-refractivity contribution in [3.8, 4) is 5.75 Å². The summed E-state index contributed by atoms with van der Waals surface area (Å²) in [4.78, 5) is 7.60. The summed E-state index contributed by atoms with van der Waals surface area (Å²) < 4.78 is 11.7. The van der Waals surface area contributed by atoms with Gasteiger partial charge in [0.05, 0.1) is 24.8 Å². The first-order chi connectivity index (χ1) is 14.3. The summed E-state index contributed by atoms with van der Waals surface area (Å²) >= 11 is 0. The first kappa shape index (κ1) is 19.1. The zero-order chi connectivity index (χ0) is 19.6. The molecule has 3 heterocycles. The second kappa shape index (κ2) is 8.49. The minimum atomic E-state index is 0.386. The molecule has 5 rings (SSSR count). The number of nitrogens with zero attached hydrogens (tertiary/aromatic N) is 2. The SMILES string of the molecule is Cc1cc2c3c(c(N[C@H]4CCOC4)nc2cc1OCCCN1CCCC1)CCC3.